The third-order valence-corrected chi connectivity index (χ3v) is 9.31. The molecule has 2 aliphatic heterocycles. The molecule has 0 aliphatic carbocycles. The summed E-state index contributed by atoms with van der Waals surface area (Å²) in [6, 6.07) is 11.6. The molecule has 0 spiro atoms. The quantitative estimate of drug-likeness (QED) is 0.692. The van der Waals surface area contributed by atoms with Crippen molar-refractivity contribution in [1.82, 2.24) is 14.2 Å². The molecule has 3 aromatic rings. The predicted molar refractivity (Wildman–Crippen MR) is 113 cm³/mol. The Morgan fingerprint density at radius 3 is 2.69 bits per heavy atom. The minimum Gasteiger partial charge on any atom is -0.358 e. The lowest BCUT2D eigenvalue weighted by Crippen LogP contribution is -2.36. The van der Waals surface area contributed by atoms with E-state index in [0.29, 0.717) is 30.4 Å². The Labute approximate surface area is 174 Å². The third kappa shape index (κ3) is 3.39. The van der Waals surface area contributed by atoms with Crippen LogP contribution in [0.4, 0.5) is 0 Å². The fourth-order valence-corrected chi connectivity index (χ4v) is 7.31. The molecule has 2 aliphatic rings. The van der Waals surface area contributed by atoms with Gasteiger partial charge in [0.25, 0.3) is 10.0 Å². The number of fused-ring (bicyclic) bond motifs is 3. The normalized spacial score (nSPS) is 17.7. The van der Waals surface area contributed by atoms with Crippen LogP contribution < -0.4 is 0 Å². The summed E-state index contributed by atoms with van der Waals surface area (Å²) in [6.45, 7) is 2.47. The average molecular weight is 430 g/mol. The van der Waals surface area contributed by atoms with Crippen molar-refractivity contribution in [3.63, 3.8) is 0 Å². The van der Waals surface area contributed by atoms with Gasteiger partial charge in [0.1, 0.15) is 4.21 Å². The van der Waals surface area contributed by atoms with Gasteiger partial charge < -0.3 is 9.88 Å². The van der Waals surface area contributed by atoms with Crippen molar-refractivity contribution in [1.29, 1.82) is 0 Å². The molecule has 1 fully saturated rings. The van der Waals surface area contributed by atoms with E-state index < -0.39 is 10.0 Å². The fraction of sp³-hybridized carbons (Fsp3) is 0.381. The van der Waals surface area contributed by atoms with E-state index in [9.17, 15) is 13.2 Å². The van der Waals surface area contributed by atoms with Crippen LogP contribution in [-0.2, 0) is 34.2 Å². The molecule has 4 heterocycles. The van der Waals surface area contributed by atoms with Crippen molar-refractivity contribution in [2.24, 2.45) is 0 Å². The number of carbonyl (C=O) groups excluding carboxylic acids is 1. The standard InChI is InChI=1S/C21H23N3O3S2/c25-20(13-15-7-8-21(28-15)29(26,27)24-10-3-4-11-24)23-12-9-19-17(14-23)16-5-1-2-6-18(16)22-19/h1-2,5-8,22H,3-4,9-14H2. The number of nitrogens with one attached hydrogen (secondary N) is 1. The average Bonchev–Trinajstić information content (AvgIpc) is 3.47. The number of aromatic nitrogens is 1. The number of hydrogen-bond donors (Lipinski definition) is 1. The van der Waals surface area contributed by atoms with Crippen LogP contribution in [0, 0.1) is 0 Å². The molecule has 2 aromatic heterocycles. The Morgan fingerprint density at radius 1 is 1.07 bits per heavy atom. The molecule has 6 nitrogen and oxygen atoms in total. The van der Waals surface area contributed by atoms with Gasteiger partial charge in [0.15, 0.2) is 0 Å². The summed E-state index contributed by atoms with van der Waals surface area (Å²) in [5, 5.41) is 1.18. The van der Waals surface area contributed by atoms with Crippen molar-refractivity contribution >= 4 is 38.2 Å². The summed E-state index contributed by atoms with van der Waals surface area (Å²) in [5.74, 6) is 0.0490. The molecular weight excluding hydrogens is 406 g/mol. The van der Waals surface area contributed by atoms with Crippen LogP contribution in [0.2, 0.25) is 0 Å². The third-order valence-electron chi connectivity index (χ3n) is 5.86. The number of aromatic amines is 1. The second-order valence-electron chi connectivity index (χ2n) is 7.70. The zero-order chi connectivity index (χ0) is 20.0. The van der Waals surface area contributed by atoms with E-state index in [0.717, 1.165) is 29.7 Å². The highest BCUT2D eigenvalue weighted by molar-refractivity contribution is 7.91. The van der Waals surface area contributed by atoms with Gasteiger partial charge >= 0.3 is 0 Å². The van der Waals surface area contributed by atoms with Gasteiger partial charge in [0, 0.05) is 59.6 Å². The van der Waals surface area contributed by atoms with Gasteiger partial charge in [-0.05, 0) is 31.0 Å². The number of H-pyrrole nitrogens is 1. The Bertz CT molecular complexity index is 1170. The van der Waals surface area contributed by atoms with Crippen molar-refractivity contribution in [2.45, 2.75) is 36.4 Å². The summed E-state index contributed by atoms with van der Waals surface area (Å²) >= 11 is 1.23. The zero-order valence-corrected chi connectivity index (χ0v) is 17.7. The minimum absolute atomic E-state index is 0.0490. The second-order valence-corrected chi connectivity index (χ2v) is 11.0. The maximum Gasteiger partial charge on any atom is 0.252 e. The summed E-state index contributed by atoms with van der Waals surface area (Å²) in [4.78, 5) is 19.1. The predicted octanol–water partition coefficient (Wildman–Crippen LogP) is 3.14. The lowest BCUT2D eigenvalue weighted by Gasteiger charge is -2.27. The number of hydrogen-bond acceptors (Lipinski definition) is 4. The van der Waals surface area contributed by atoms with Crippen LogP contribution in [-0.4, -0.2) is 48.1 Å². The highest BCUT2D eigenvalue weighted by Crippen LogP contribution is 2.30. The summed E-state index contributed by atoms with van der Waals surface area (Å²) in [6.07, 6.45) is 2.90. The lowest BCUT2D eigenvalue weighted by atomic mass is 10.0. The summed E-state index contributed by atoms with van der Waals surface area (Å²) in [7, 11) is -3.41. The molecule has 1 aromatic carbocycles. The van der Waals surface area contributed by atoms with Crippen molar-refractivity contribution in [3.05, 3.63) is 52.5 Å². The topological polar surface area (TPSA) is 73.5 Å². The largest absolute Gasteiger partial charge is 0.358 e. The Morgan fingerprint density at radius 2 is 1.86 bits per heavy atom. The molecule has 1 saturated heterocycles. The van der Waals surface area contributed by atoms with Gasteiger partial charge in [-0.25, -0.2) is 8.42 Å². The molecule has 0 radical (unpaired) electrons. The van der Waals surface area contributed by atoms with E-state index in [4.69, 9.17) is 0 Å². The zero-order valence-electron chi connectivity index (χ0n) is 16.1. The number of amides is 1. The lowest BCUT2D eigenvalue weighted by molar-refractivity contribution is -0.131. The molecule has 1 amide bonds. The number of rotatable bonds is 4. The molecule has 5 rings (SSSR count). The maximum absolute atomic E-state index is 12.9. The van der Waals surface area contributed by atoms with Crippen LogP contribution in [0.15, 0.2) is 40.6 Å². The Kier molecular flexibility index (Phi) is 4.72. The molecule has 0 atom stereocenters. The Hall–Kier alpha value is -2.16. The van der Waals surface area contributed by atoms with Gasteiger partial charge in [-0.2, -0.15) is 4.31 Å². The number of sulfonamides is 1. The number of carbonyl (C=O) groups is 1. The second kappa shape index (κ2) is 7.27. The van der Waals surface area contributed by atoms with Crippen molar-refractivity contribution in [2.75, 3.05) is 19.6 Å². The van der Waals surface area contributed by atoms with Gasteiger partial charge in [0.05, 0.1) is 6.42 Å². The van der Waals surface area contributed by atoms with E-state index in [-0.39, 0.29) is 12.3 Å². The highest BCUT2D eigenvalue weighted by atomic mass is 32.2. The summed E-state index contributed by atoms with van der Waals surface area (Å²) in [5.41, 5.74) is 3.52. The van der Waals surface area contributed by atoms with E-state index in [1.54, 1.807) is 16.4 Å². The number of thiophene rings is 1. The maximum atomic E-state index is 12.9. The monoisotopic (exact) mass is 429 g/mol. The van der Waals surface area contributed by atoms with E-state index >= 15 is 0 Å². The van der Waals surface area contributed by atoms with E-state index in [2.05, 4.69) is 17.1 Å². The van der Waals surface area contributed by atoms with E-state index in [1.807, 2.05) is 17.0 Å². The number of nitrogens with zero attached hydrogens (tertiary/aromatic N) is 2. The first-order valence-corrected chi connectivity index (χ1v) is 12.2. The smallest absolute Gasteiger partial charge is 0.252 e. The van der Waals surface area contributed by atoms with Gasteiger partial charge in [-0.15, -0.1) is 11.3 Å². The fourth-order valence-electron chi connectivity index (χ4n) is 4.29. The number of benzene rings is 1. The highest BCUT2D eigenvalue weighted by Gasteiger charge is 2.29. The molecule has 1 N–H and O–H groups in total. The first-order valence-electron chi connectivity index (χ1n) is 9.97. The molecule has 0 unspecified atom stereocenters. The van der Waals surface area contributed by atoms with Gasteiger partial charge in [0.2, 0.25) is 5.91 Å². The molecule has 152 valence electrons. The van der Waals surface area contributed by atoms with Crippen molar-refractivity contribution in [3.8, 4) is 0 Å². The molecular formula is C21H23N3O3S2. The minimum atomic E-state index is -3.41. The molecule has 0 bridgehead atoms. The van der Waals surface area contributed by atoms with Crippen LogP contribution >= 0.6 is 11.3 Å². The Balaban J connectivity index is 1.31. The van der Waals surface area contributed by atoms with Crippen LogP contribution in [0.3, 0.4) is 0 Å². The SMILES string of the molecule is O=C(Cc1ccc(S(=O)(=O)N2CCCC2)s1)N1CCc2[nH]c3ccccc3c2C1. The first kappa shape index (κ1) is 18.8. The first-order chi connectivity index (χ1) is 14.0. The molecule has 8 heteroatoms. The van der Waals surface area contributed by atoms with Crippen molar-refractivity contribution < 1.29 is 13.2 Å². The van der Waals surface area contributed by atoms with Crippen LogP contribution in [0.1, 0.15) is 29.0 Å². The molecule has 29 heavy (non-hydrogen) atoms. The van der Waals surface area contributed by atoms with Gasteiger partial charge in [-0.1, -0.05) is 18.2 Å². The molecule has 0 saturated carbocycles. The van der Waals surface area contributed by atoms with Crippen LogP contribution in [0.5, 0.6) is 0 Å². The number of para-hydroxylation sites is 1. The van der Waals surface area contributed by atoms with Crippen LogP contribution in [0.25, 0.3) is 10.9 Å². The summed E-state index contributed by atoms with van der Waals surface area (Å²) < 4.78 is 27.3. The van der Waals surface area contributed by atoms with E-state index in [1.165, 1.54) is 28.0 Å². The van der Waals surface area contributed by atoms with Gasteiger partial charge in [-0.3, -0.25) is 4.79 Å².